The average molecular weight is 299 g/mol. The summed E-state index contributed by atoms with van der Waals surface area (Å²) in [6.45, 7) is 4.41. The third-order valence-corrected chi connectivity index (χ3v) is 3.41. The summed E-state index contributed by atoms with van der Waals surface area (Å²) < 4.78 is 11.5. The number of hydrogen-bond acceptors (Lipinski definition) is 5. The van der Waals surface area contributed by atoms with E-state index < -0.39 is 16.1 Å². The monoisotopic (exact) mass is 299 g/mol. The Morgan fingerprint density at radius 2 is 2.05 bits per heavy atom. The first-order valence-corrected chi connectivity index (χ1v) is 7.90. The number of hydrogen-bond donors (Lipinski definition) is 1. The second kappa shape index (κ2) is 6.43. The number of likely N-dealkylation sites (N-methyl/N-ethyl adjacent to an activating group) is 1. The highest BCUT2D eigenvalue weighted by atomic mass is 32.2. The molecule has 0 aliphatic rings. The van der Waals surface area contributed by atoms with Crippen LogP contribution in [0.2, 0.25) is 0 Å². The summed E-state index contributed by atoms with van der Waals surface area (Å²) >= 11 is -1.07. The molecule has 0 heterocycles. The van der Waals surface area contributed by atoms with Gasteiger partial charge in [-0.15, -0.1) is 0 Å². The molecule has 0 aromatic heterocycles. The highest BCUT2D eigenvalue weighted by Gasteiger charge is 2.20. The summed E-state index contributed by atoms with van der Waals surface area (Å²) in [4.78, 5) is 12.3. The van der Waals surface area contributed by atoms with Gasteiger partial charge < -0.3 is 15.2 Å². The van der Waals surface area contributed by atoms with Crippen molar-refractivity contribution in [3.63, 3.8) is 0 Å². The lowest BCUT2D eigenvalue weighted by Gasteiger charge is -2.29. The molecule has 2 N–H and O–H groups in total. The Hall–Kier alpha value is -1.31. The molecule has 1 aromatic rings. The Morgan fingerprint density at radius 1 is 1.45 bits per heavy atom. The molecule has 0 fully saturated rings. The molecule has 20 heavy (non-hydrogen) atoms. The molecule has 0 aliphatic carbocycles. The number of nitro benzene ring substituents is 1. The van der Waals surface area contributed by atoms with E-state index in [9.17, 15) is 14.7 Å². The van der Waals surface area contributed by atoms with Gasteiger partial charge >= 0.3 is 0 Å². The molecule has 0 spiro atoms. The molecule has 0 amide bonds. The van der Waals surface area contributed by atoms with Gasteiger partial charge in [0.05, 0.1) is 11.2 Å². The first kappa shape index (κ1) is 16.7. The van der Waals surface area contributed by atoms with E-state index in [4.69, 9.17) is 5.73 Å². The van der Waals surface area contributed by atoms with Crippen molar-refractivity contribution in [1.29, 1.82) is 0 Å². The predicted octanol–water partition coefficient (Wildman–Crippen LogP) is 1.65. The summed E-state index contributed by atoms with van der Waals surface area (Å²) in [5, 5.41) is 10.8. The summed E-state index contributed by atoms with van der Waals surface area (Å²) in [7, 11) is 1.87. The fraction of sp³-hybridized carbons (Fsp3) is 0.538. The van der Waals surface area contributed by atoms with Crippen LogP contribution in [0.5, 0.6) is 0 Å². The second-order valence-electron chi connectivity index (χ2n) is 5.63. The maximum atomic E-state index is 11.5. The first-order chi connectivity index (χ1) is 9.10. The van der Waals surface area contributed by atoms with Crippen molar-refractivity contribution in [2.45, 2.75) is 25.1 Å². The Bertz CT molecular complexity index is 486. The molecule has 1 rings (SSSR count). The molecule has 112 valence electrons. The summed E-state index contributed by atoms with van der Waals surface area (Å²) in [6, 6.07) is 4.63. The van der Waals surface area contributed by atoms with Gasteiger partial charge in [0.15, 0.2) is 0 Å². The Labute approximate surface area is 122 Å². The van der Waals surface area contributed by atoms with Gasteiger partial charge in [0.2, 0.25) is 0 Å². The molecule has 6 nitrogen and oxygen atoms in total. The molecular formula is C13H21N3O3S. The van der Waals surface area contributed by atoms with E-state index in [0.29, 0.717) is 12.1 Å². The number of nitrogens with two attached hydrogens (primary N) is 1. The van der Waals surface area contributed by atoms with Gasteiger partial charge in [-0.2, -0.15) is 0 Å². The highest BCUT2D eigenvalue weighted by molar-refractivity contribution is 7.89. The topological polar surface area (TPSA) is 95.5 Å². The number of benzene rings is 1. The predicted molar refractivity (Wildman–Crippen MR) is 82.4 cm³/mol. The molecule has 0 bridgehead atoms. The third-order valence-electron chi connectivity index (χ3n) is 2.69. The molecule has 0 radical (unpaired) electrons. The number of rotatable bonds is 6. The van der Waals surface area contributed by atoms with Crippen molar-refractivity contribution in [2.24, 2.45) is 5.73 Å². The van der Waals surface area contributed by atoms with Crippen LogP contribution in [0.25, 0.3) is 0 Å². The number of non-ortho nitro benzene ring substituents is 1. The van der Waals surface area contributed by atoms with Crippen LogP contribution in [0, 0.1) is 10.1 Å². The largest absolute Gasteiger partial charge is 0.616 e. The summed E-state index contributed by atoms with van der Waals surface area (Å²) in [5.74, 6) is 0.284. The molecule has 0 aliphatic heterocycles. The Kier molecular flexibility index (Phi) is 5.38. The quantitative estimate of drug-likeness (QED) is 0.489. The molecule has 0 saturated heterocycles. The van der Waals surface area contributed by atoms with Gasteiger partial charge in [-0.3, -0.25) is 10.1 Å². The van der Waals surface area contributed by atoms with Crippen LogP contribution in [0.3, 0.4) is 0 Å². The maximum Gasteiger partial charge on any atom is 0.270 e. The van der Waals surface area contributed by atoms with Gasteiger partial charge in [0.1, 0.15) is 5.75 Å². The van der Waals surface area contributed by atoms with Gasteiger partial charge in [-0.05, 0) is 19.9 Å². The van der Waals surface area contributed by atoms with Crippen LogP contribution in [-0.4, -0.2) is 34.9 Å². The molecule has 7 heteroatoms. The molecule has 1 atom stereocenters. The third kappa shape index (κ3) is 4.99. The van der Waals surface area contributed by atoms with E-state index in [-0.39, 0.29) is 17.0 Å². The zero-order valence-electron chi connectivity index (χ0n) is 12.3. The average Bonchev–Trinajstić information content (AvgIpc) is 2.25. The Balaban J connectivity index is 3.13. The van der Waals surface area contributed by atoms with Crippen LogP contribution in [-0.2, 0) is 16.9 Å². The summed E-state index contributed by atoms with van der Waals surface area (Å²) in [6.07, 6.45) is 1.58. The van der Waals surface area contributed by atoms with Crippen molar-refractivity contribution >= 4 is 22.6 Å². The van der Waals surface area contributed by atoms with E-state index in [1.807, 2.05) is 25.8 Å². The molecule has 1 unspecified atom stereocenters. The van der Waals surface area contributed by atoms with Gasteiger partial charge in [-0.25, -0.2) is 0 Å². The highest BCUT2D eigenvalue weighted by Crippen LogP contribution is 2.27. The fourth-order valence-electron chi connectivity index (χ4n) is 2.09. The lowest BCUT2D eigenvalue weighted by molar-refractivity contribution is -0.384. The zero-order chi connectivity index (χ0) is 15.5. The smallest absolute Gasteiger partial charge is 0.270 e. The van der Waals surface area contributed by atoms with Crippen molar-refractivity contribution in [1.82, 2.24) is 0 Å². The standard InChI is InChI=1S/C13H21N3O3S/c1-13(2,14)9-15(3)12-6-5-11(16(17)18)7-10(12)8-20(4)19/h5-7H,8-9,14H2,1-4H3. The summed E-state index contributed by atoms with van der Waals surface area (Å²) in [5.41, 5.74) is 7.14. The van der Waals surface area contributed by atoms with Gasteiger partial charge in [-0.1, -0.05) is 11.2 Å². The van der Waals surface area contributed by atoms with Crippen LogP contribution >= 0.6 is 0 Å². The van der Waals surface area contributed by atoms with Crippen molar-refractivity contribution in [2.75, 3.05) is 24.7 Å². The van der Waals surface area contributed by atoms with E-state index in [2.05, 4.69) is 0 Å². The second-order valence-corrected chi connectivity index (χ2v) is 7.07. The van der Waals surface area contributed by atoms with Gasteiger partial charge in [0, 0.05) is 42.5 Å². The lowest BCUT2D eigenvalue weighted by atomic mass is 10.1. The molecule has 1 aromatic carbocycles. The zero-order valence-corrected chi connectivity index (χ0v) is 13.1. The van der Waals surface area contributed by atoms with Crippen LogP contribution in [0.4, 0.5) is 11.4 Å². The number of nitro groups is 1. The van der Waals surface area contributed by atoms with Crippen LogP contribution in [0.15, 0.2) is 18.2 Å². The minimum absolute atomic E-state index is 0.00890. The van der Waals surface area contributed by atoms with Crippen LogP contribution < -0.4 is 10.6 Å². The van der Waals surface area contributed by atoms with E-state index >= 15 is 0 Å². The van der Waals surface area contributed by atoms with Crippen molar-refractivity contribution in [3.05, 3.63) is 33.9 Å². The van der Waals surface area contributed by atoms with E-state index in [1.165, 1.54) is 12.1 Å². The lowest BCUT2D eigenvalue weighted by Crippen LogP contribution is -2.44. The minimum atomic E-state index is -1.07. The minimum Gasteiger partial charge on any atom is -0.616 e. The number of nitrogens with zero attached hydrogens (tertiary/aromatic N) is 2. The fourth-order valence-corrected chi connectivity index (χ4v) is 2.76. The van der Waals surface area contributed by atoms with Crippen LogP contribution in [0.1, 0.15) is 19.4 Å². The van der Waals surface area contributed by atoms with E-state index in [1.54, 1.807) is 12.3 Å². The number of anilines is 1. The molecular weight excluding hydrogens is 278 g/mol. The molecule has 0 saturated carbocycles. The van der Waals surface area contributed by atoms with Crippen molar-refractivity contribution < 1.29 is 9.48 Å². The Morgan fingerprint density at radius 3 is 2.50 bits per heavy atom. The van der Waals surface area contributed by atoms with Gasteiger partial charge in [0.25, 0.3) is 5.69 Å². The SMILES string of the molecule is CN(CC(C)(C)N)c1ccc([N+](=O)[O-])cc1C[S+](C)[O-]. The van der Waals surface area contributed by atoms with Crippen molar-refractivity contribution in [3.8, 4) is 0 Å². The first-order valence-electron chi connectivity index (χ1n) is 6.17. The normalized spacial score (nSPS) is 13.1. The van der Waals surface area contributed by atoms with E-state index in [0.717, 1.165) is 5.69 Å². The maximum absolute atomic E-state index is 11.5.